The Morgan fingerprint density at radius 2 is 2.08 bits per heavy atom. The van der Waals surface area contributed by atoms with Gasteiger partial charge in [-0.05, 0) is 20.8 Å². The molecule has 1 atom stereocenters. The van der Waals surface area contributed by atoms with Crippen LogP contribution in [0.5, 0.6) is 0 Å². The van der Waals surface area contributed by atoms with E-state index in [0.29, 0.717) is 0 Å². The van der Waals surface area contributed by atoms with Gasteiger partial charge in [-0.3, -0.25) is 4.79 Å². The van der Waals surface area contributed by atoms with E-state index in [1.807, 2.05) is 0 Å². The van der Waals surface area contributed by atoms with Gasteiger partial charge in [0, 0.05) is 0 Å². The van der Waals surface area contributed by atoms with E-state index >= 15 is 0 Å². The second-order valence-electron chi connectivity index (χ2n) is 3.66. The first-order chi connectivity index (χ1) is 5.38. The molecular weight excluding hydrogens is 180 g/mol. The maximum atomic E-state index is 11.1. The average molecular weight is 195 g/mol. The van der Waals surface area contributed by atoms with Gasteiger partial charge in [-0.1, -0.05) is 0 Å². The summed E-state index contributed by atoms with van der Waals surface area (Å²) in [4.78, 5) is 11.1. The molecule has 0 radical (unpaired) electrons. The first kappa shape index (κ1) is 11.7. The van der Waals surface area contributed by atoms with Crippen molar-refractivity contribution in [3.63, 3.8) is 0 Å². The Kier molecular flexibility index (Phi) is 4.57. The lowest BCUT2D eigenvalue weighted by molar-refractivity contribution is -0.155. The lowest BCUT2D eigenvalue weighted by Gasteiger charge is -2.17. The number of rotatable bonds is 3. The summed E-state index contributed by atoms with van der Waals surface area (Å²) in [7, 11) is 0. The maximum absolute atomic E-state index is 11.1. The highest BCUT2D eigenvalue weighted by Gasteiger charge is 2.23. The number of carbonyl (C=O) groups is 1. The van der Waals surface area contributed by atoms with Gasteiger partial charge in [0.05, 0.1) is 11.3 Å². The third kappa shape index (κ3) is 4.57. The third-order valence-corrected chi connectivity index (χ3v) is 1.55. The zero-order valence-corrected chi connectivity index (χ0v) is 8.39. The van der Waals surface area contributed by atoms with E-state index in [1.165, 1.54) is 0 Å². The summed E-state index contributed by atoms with van der Waals surface area (Å²) < 4.78 is 4.79. The van der Waals surface area contributed by atoms with Crippen molar-refractivity contribution < 1.29 is 14.6 Å². The number of aliphatic hydroxyl groups is 1. The fraction of sp³-hybridized carbons (Fsp3) is 0.875. The van der Waals surface area contributed by atoms with Crippen LogP contribution in [-0.2, 0) is 9.53 Å². The average Bonchev–Trinajstić information content (AvgIpc) is 1.97. The molecule has 0 amide bonds. The minimum absolute atomic E-state index is 0.0282. The predicted octanol–water partition coefficient (Wildman–Crippen LogP) is 1.18. The molecule has 0 aromatic carbocycles. The van der Waals surface area contributed by atoms with Crippen molar-refractivity contribution in [2.75, 3.05) is 12.5 Å². The van der Waals surface area contributed by atoms with E-state index in [4.69, 9.17) is 21.4 Å². The molecule has 0 spiro atoms. The van der Waals surface area contributed by atoms with Crippen LogP contribution in [0.15, 0.2) is 0 Å². The highest BCUT2D eigenvalue weighted by Crippen LogP contribution is 2.15. The number of ether oxygens (including phenoxy) is 1. The number of alkyl halides is 1. The second kappa shape index (κ2) is 4.67. The molecule has 0 bridgehead atoms. The van der Waals surface area contributed by atoms with Crippen LogP contribution in [0.2, 0.25) is 0 Å². The molecule has 3 nitrogen and oxygen atoms in total. The van der Waals surface area contributed by atoms with Crippen LogP contribution in [0, 0.1) is 5.41 Å². The summed E-state index contributed by atoms with van der Waals surface area (Å²) >= 11 is 5.31. The molecule has 4 heteroatoms. The van der Waals surface area contributed by atoms with Gasteiger partial charge in [0.15, 0.2) is 0 Å². The molecule has 12 heavy (non-hydrogen) atoms. The molecule has 0 fully saturated rings. The van der Waals surface area contributed by atoms with Crippen molar-refractivity contribution in [1.82, 2.24) is 0 Å². The van der Waals surface area contributed by atoms with Crippen LogP contribution in [0.25, 0.3) is 0 Å². The molecule has 1 N–H and O–H groups in total. The number of carbonyl (C=O) groups excluding carboxylic acids is 1. The Bertz CT molecular complexity index is 151. The van der Waals surface area contributed by atoms with Crippen molar-refractivity contribution in [2.45, 2.75) is 26.9 Å². The molecule has 0 aromatic rings. The number of esters is 1. The van der Waals surface area contributed by atoms with E-state index in [2.05, 4.69) is 0 Å². The minimum atomic E-state index is -0.766. The fourth-order valence-electron chi connectivity index (χ4n) is 0.433. The largest absolute Gasteiger partial charge is 0.462 e. The highest BCUT2D eigenvalue weighted by molar-refractivity contribution is 6.18. The summed E-state index contributed by atoms with van der Waals surface area (Å²) in [6.45, 7) is 5.23. The highest BCUT2D eigenvalue weighted by atomic mass is 35.5. The van der Waals surface area contributed by atoms with E-state index in [0.717, 1.165) is 0 Å². The van der Waals surface area contributed by atoms with E-state index in [9.17, 15) is 4.79 Å². The zero-order chi connectivity index (χ0) is 9.78. The van der Waals surface area contributed by atoms with Crippen LogP contribution >= 0.6 is 11.6 Å². The SMILES string of the molecule is CC(C)(C)C(=O)OC[C@@H](O)CCl. The van der Waals surface area contributed by atoms with E-state index in [1.54, 1.807) is 20.8 Å². The van der Waals surface area contributed by atoms with Gasteiger partial charge in [-0.2, -0.15) is 0 Å². The first-order valence-corrected chi connectivity index (χ1v) is 4.32. The number of aliphatic hydroxyl groups excluding tert-OH is 1. The van der Waals surface area contributed by atoms with Gasteiger partial charge in [0.1, 0.15) is 12.7 Å². The molecule has 0 aliphatic rings. The lowest BCUT2D eigenvalue weighted by atomic mass is 9.97. The predicted molar refractivity (Wildman–Crippen MR) is 47.1 cm³/mol. The Balaban J connectivity index is 3.73. The van der Waals surface area contributed by atoms with E-state index < -0.39 is 11.5 Å². The molecule has 0 unspecified atom stereocenters. The number of halogens is 1. The third-order valence-electron chi connectivity index (χ3n) is 1.20. The molecule has 0 aliphatic heterocycles. The van der Waals surface area contributed by atoms with Crippen LogP contribution in [0.3, 0.4) is 0 Å². The van der Waals surface area contributed by atoms with Crippen LogP contribution in [0.1, 0.15) is 20.8 Å². The van der Waals surface area contributed by atoms with Gasteiger partial charge in [-0.15, -0.1) is 11.6 Å². The molecule has 72 valence electrons. The van der Waals surface area contributed by atoms with Crippen LogP contribution < -0.4 is 0 Å². The summed E-state index contributed by atoms with van der Waals surface area (Å²) in [5.41, 5.74) is -0.522. The second-order valence-corrected chi connectivity index (χ2v) is 3.97. The zero-order valence-electron chi connectivity index (χ0n) is 7.63. The summed E-state index contributed by atoms with van der Waals surface area (Å²) in [6, 6.07) is 0. The summed E-state index contributed by atoms with van der Waals surface area (Å²) in [5, 5.41) is 8.96. The van der Waals surface area contributed by atoms with Crippen molar-refractivity contribution in [3.8, 4) is 0 Å². The topological polar surface area (TPSA) is 46.5 Å². The quantitative estimate of drug-likeness (QED) is 0.542. The minimum Gasteiger partial charge on any atom is -0.462 e. The summed E-state index contributed by atoms with van der Waals surface area (Å²) in [5.74, 6) is -0.246. The lowest BCUT2D eigenvalue weighted by Crippen LogP contribution is -2.27. The summed E-state index contributed by atoms with van der Waals surface area (Å²) in [6.07, 6.45) is -0.766. The van der Waals surface area contributed by atoms with Crippen LogP contribution in [-0.4, -0.2) is 29.7 Å². The van der Waals surface area contributed by atoms with Crippen molar-refractivity contribution in [1.29, 1.82) is 0 Å². The van der Waals surface area contributed by atoms with Gasteiger partial charge >= 0.3 is 5.97 Å². The maximum Gasteiger partial charge on any atom is 0.311 e. The number of hydrogen-bond donors (Lipinski definition) is 1. The fourth-order valence-corrected chi connectivity index (χ4v) is 0.522. The molecule has 0 rings (SSSR count). The molecule has 0 aromatic heterocycles. The monoisotopic (exact) mass is 194 g/mol. The first-order valence-electron chi connectivity index (χ1n) is 3.79. The molecule has 0 saturated heterocycles. The normalized spacial score (nSPS) is 14.1. The van der Waals surface area contributed by atoms with Gasteiger partial charge in [0.25, 0.3) is 0 Å². The molecular formula is C8H15ClO3. The molecule has 0 heterocycles. The van der Waals surface area contributed by atoms with Gasteiger partial charge < -0.3 is 9.84 Å². The standard InChI is InChI=1S/C8H15ClO3/c1-8(2,3)7(11)12-5-6(10)4-9/h6,10H,4-5H2,1-3H3/t6-/m0/s1. The smallest absolute Gasteiger partial charge is 0.311 e. The van der Waals surface area contributed by atoms with E-state index in [-0.39, 0.29) is 18.5 Å². The van der Waals surface area contributed by atoms with Crippen molar-refractivity contribution >= 4 is 17.6 Å². The Morgan fingerprint density at radius 1 is 1.58 bits per heavy atom. The Labute approximate surface area is 77.7 Å². The van der Waals surface area contributed by atoms with Crippen molar-refractivity contribution in [3.05, 3.63) is 0 Å². The Morgan fingerprint density at radius 3 is 2.42 bits per heavy atom. The van der Waals surface area contributed by atoms with Crippen LogP contribution in [0.4, 0.5) is 0 Å². The van der Waals surface area contributed by atoms with Crippen molar-refractivity contribution in [2.24, 2.45) is 5.41 Å². The van der Waals surface area contributed by atoms with Gasteiger partial charge in [-0.25, -0.2) is 0 Å². The Hall–Kier alpha value is -0.280. The molecule has 0 saturated carbocycles. The van der Waals surface area contributed by atoms with Gasteiger partial charge in [0.2, 0.25) is 0 Å². The molecule has 0 aliphatic carbocycles. The number of hydrogen-bond acceptors (Lipinski definition) is 3.